The van der Waals surface area contributed by atoms with Crippen LogP contribution in [0.3, 0.4) is 0 Å². The lowest BCUT2D eigenvalue weighted by Gasteiger charge is -2.21. The topological polar surface area (TPSA) is 237 Å². The molecule has 104 heavy (non-hydrogen) atoms. The molecule has 0 amide bonds. The molecule has 0 aromatic heterocycles. The molecule has 0 aliphatic heterocycles. The normalized spacial score (nSPS) is 14.4. The first-order valence-corrected chi connectivity index (χ1v) is 47.1. The Bertz CT molecular complexity index is 2000. The van der Waals surface area contributed by atoms with Gasteiger partial charge in [-0.1, -0.05) is 401 Å². The van der Waals surface area contributed by atoms with Crippen molar-refractivity contribution in [3.8, 4) is 0 Å². The highest BCUT2D eigenvalue weighted by molar-refractivity contribution is 7.47. The number of hydrogen-bond acceptors (Lipinski definition) is 15. The molecule has 0 saturated heterocycles. The predicted molar refractivity (Wildman–Crippen MR) is 428 cm³/mol. The Morgan fingerprint density at radius 2 is 0.462 bits per heavy atom. The van der Waals surface area contributed by atoms with Crippen LogP contribution < -0.4 is 0 Å². The van der Waals surface area contributed by atoms with E-state index in [1.807, 2.05) is 0 Å². The number of ether oxygens (including phenoxy) is 4. The number of hydrogen-bond donors (Lipinski definition) is 3. The van der Waals surface area contributed by atoms with Gasteiger partial charge in [-0.15, -0.1) is 0 Å². The molecule has 0 bridgehead atoms. The van der Waals surface area contributed by atoms with Crippen molar-refractivity contribution in [1.82, 2.24) is 0 Å². The van der Waals surface area contributed by atoms with Crippen LogP contribution in [0.25, 0.3) is 0 Å². The van der Waals surface area contributed by atoms with Crippen molar-refractivity contribution in [2.45, 2.75) is 471 Å². The minimum atomic E-state index is -4.97. The maximum atomic E-state index is 13.1. The van der Waals surface area contributed by atoms with Crippen molar-refractivity contribution < 1.29 is 80.2 Å². The van der Waals surface area contributed by atoms with E-state index in [1.165, 1.54) is 270 Å². The molecule has 0 rings (SSSR count). The fourth-order valence-corrected chi connectivity index (χ4v) is 14.8. The molecule has 0 aromatic rings. The monoisotopic (exact) mass is 1520 g/mol. The number of unbranched alkanes of at least 4 members (excludes halogenated alkanes) is 52. The van der Waals surface area contributed by atoms with E-state index in [1.54, 1.807) is 0 Å². The SMILES string of the molecule is CCCCCCCCCCCCCCCCCCCCCCC(=O)O[C@H](COC(=O)CCCCCCCCCCCCCCCCC(C)CC)COP(=O)(O)OC[C@@H](O)COP(=O)(O)OC[C@@H](COC(=O)CCCCCCCCCCCCCC)OC(=O)CCCCCCCCCCCCC(C)CC. The summed E-state index contributed by atoms with van der Waals surface area (Å²) in [6, 6.07) is 0. The zero-order chi connectivity index (χ0) is 76.4. The van der Waals surface area contributed by atoms with Gasteiger partial charge in [0.15, 0.2) is 12.2 Å². The summed E-state index contributed by atoms with van der Waals surface area (Å²) in [4.78, 5) is 73.2. The minimum absolute atomic E-state index is 0.107. The van der Waals surface area contributed by atoms with Gasteiger partial charge in [-0.05, 0) is 37.5 Å². The smallest absolute Gasteiger partial charge is 0.462 e. The molecule has 3 N–H and O–H groups in total. The standard InChI is InChI=1S/C85H166O17P2/c1-7-11-13-15-17-19-21-23-24-25-26-27-28-29-34-38-45-51-57-63-69-84(89)101-80(73-96-83(88)68-62-56-50-44-37-33-31-30-32-35-41-47-53-59-65-77(5)9-3)75-99-103(91,92)97-71-79(86)72-98-104(93,94)100-76-81(74-95-82(87)67-61-55-49-43-36-22-20-18-16-14-12-8-2)102-85(90)70-64-58-52-46-40-39-42-48-54-60-66-78(6)10-4/h77-81,86H,7-76H2,1-6H3,(H,91,92)(H,93,94)/t77?,78?,79-,80-,81-/m1/s1. The average molecular weight is 1520 g/mol. The van der Waals surface area contributed by atoms with Crippen LogP contribution in [0.4, 0.5) is 0 Å². The molecule has 0 heterocycles. The van der Waals surface area contributed by atoms with E-state index >= 15 is 0 Å². The number of phosphoric acid groups is 2. The quantitative estimate of drug-likeness (QED) is 0.0222. The maximum absolute atomic E-state index is 13.1. The van der Waals surface area contributed by atoms with Crippen LogP contribution in [0.5, 0.6) is 0 Å². The second kappa shape index (κ2) is 76.4. The molecule has 7 atom stereocenters. The van der Waals surface area contributed by atoms with Crippen LogP contribution >= 0.6 is 15.6 Å². The van der Waals surface area contributed by atoms with Gasteiger partial charge in [-0.25, -0.2) is 9.13 Å². The minimum Gasteiger partial charge on any atom is -0.462 e. The van der Waals surface area contributed by atoms with Gasteiger partial charge in [-0.2, -0.15) is 0 Å². The van der Waals surface area contributed by atoms with Gasteiger partial charge in [0.05, 0.1) is 26.4 Å². The van der Waals surface area contributed by atoms with E-state index in [4.69, 9.17) is 37.0 Å². The van der Waals surface area contributed by atoms with Crippen LogP contribution in [-0.4, -0.2) is 96.7 Å². The first kappa shape index (κ1) is 102. The Hall–Kier alpha value is -1.94. The summed E-state index contributed by atoms with van der Waals surface area (Å²) < 4.78 is 68.9. The first-order chi connectivity index (χ1) is 50.4. The lowest BCUT2D eigenvalue weighted by molar-refractivity contribution is -0.161. The lowest BCUT2D eigenvalue weighted by Crippen LogP contribution is -2.30. The van der Waals surface area contributed by atoms with Crippen molar-refractivity contribution in [3.63, 3.8) is 0 Å². The van der Waals surface area contributed by atoms with Crippen LogP contribution in [0, 0.1) is 11.8 Å². The third-order valence-corrected chi connectivity index (χ3v) is 22.6. The Morgan fingerprint density at radius 1 is 0.269 bits per heavy atom. The molecule has 0 spiro atoms. The number of esters is 4. The second-order valence-electron chi connectivity index (χ2n) is 31.1. The van der Waals surface area contributed by atoms with Gasteiger partial charge in [0.2, 0.25) is 0 Å². The van der Waals surface area contributed by atoms with E-state index in [2.05, 4.69) is 41.5 Å². The molecule has 0 fully saturated rings. The van der Waals surface area contributed by atoms with Crippen molar-refractivity contribution in [1.29, 1.82) is 0 Å². The summed E-state index contributed by atoms with van der Waals surface area (Å²) in [5.41, 5.74) is 0. The zero-order valence-corrected chi connectivity index (χ0v) is 70.1. The van der Waals surface area contributed by atoms with E-state index in [0.717, 1.165) is 102 Å². The highest BCUT2D eigenvalue weighted by Gasteiger charge is 2.30. The highest BCUT2D eigenvalue weighted by atomic mass is 31.2. The Labute approximate surface area is 638 Å². The predicted octanol–water partition coefficient (Wildman–Crippen LogP) is 25.8. The summed E-state index contributed by atoms with van der Waals surface area (Å²) in [5, 5.41) is 10.7. The lowest BCUT2D eigenvalue weighted by atomic mass is 9.99. The number of phosphoric ester groups is 2. The summed E-state index contributed by atoms with van der Waals surface area (Å²) >= 11 is 0. The molecule has 0 aliphatic rings. The van der Waals surface area contributed by atoms with Crippen molar-refractivity contribution in [2.75, 3.05) is 39.6 Å². The highest BCUT2D eigenvalue weighted by Crippen LogP contribution is 2.45. The number of aliphatic hydroxyl groups excluding tert-OH is 1. The molecule has 0 aromatic carbocycles. The van der Waals surface area contributed by atoms with Crippen LogP contribution in [-0.2, 0) is 65.4 Å². The van der Waals surface area contributed by atoms with Crippen LogP contribution in [0.1, 0.15) is 452 Å². The summed E-state index contributed by atoms with van der Waals surface area (Å²) in [5.74, 6) is -0.449. The van der Waals surface area contributed by atoms with Gasteiger partial charge in [0.1, 0.15) is 19.3 Å². The molecular formula is C85H166O17P2. The molecule has 0 saturated carbocycles. The Kier molecular flexibility index (Phi) is 75.0. The maximum Gasteiger partial charge on any atom is 0.472 e. The fraction of sp³-hybridized carbons (Fsp3) is 0.953. The number of carbonyl (C=O) groups excluding carboxylic acids is 4. The van der Waals surface area contributed by atoms with Crippen LogP contribution in [0.2, 0.25) is 0 Å². The number of carbonyl (C=O) groups is 4. The van der Waals surface area contributed by atoms with E-state index in [0.29, 0.717) is 25.7 Å². The van der Waals surface area contributed by atoms with E-state index < -0.39 is 97.5 Å². The van der Waals surface area contributed by atoms with Crippen molar-refractivity contribution >= 4 is 39.5 Å². The average Bonchev–Trinajstić information content (AvgIpc) is 0.944. The van der Waals surface area contributed by atoms with Gasteiger partial charge in [-0.3, -0.25) is 37.3 Å². The first-order valence-electron chi connectivity index (χ1n) is 44.1. The number of aliphatic hydroxyl groups is 1. The Morgan fingerprint density at radius 3 is 0.683 bits per heavy atom. The molecule has 0 aliphatic carbocycles. The van der Waals surface area contributed by atoms with Crippen molar-refractivity contribution in [2.24, 2.45) is 11.8 Å². The zero-order valence-electron chi connectivity index (χ0n) is 68.3. The van der Waals surface area contributed by atoms with E-state index in [9.17, 15) is 43.2 Å². The third-order valence-electron chi connectivity index (χ3n) is 20.7. The Balaban J connectivity index is 5.26. The van der Waals surface area contributed by atoms with Gasteiger partial charge < -0.3 is 33.8 Å². The molecule has 618 valence electrons. The number of rotatable bonds is 84. The fourth-order valence-electron chi connectivity index (χ4n) is 13.2. The summed E-state index contributed by atoms with van der Waals surface area (Å²) in [6.45, 7) is 9.74. The van der Waals surface area contributed by atoms with Crippen LogP contribution in [0.15, 0.2) is 0 Å². The molecule has 17 nitrogen and oxygen atoms in total. The van der Waals surface area contributed by atoms with Gasteiger partial charge in [0.25, 0.3) is 0 Å². The summed E-state index contributed by atoms with van der Waals surface area (Å²) in [7, 11) is -9.93. The largest absolute Gasteiger partial charge is 0.472 e. The van der Waals surface area contributed by atoms with Gasteiger partial charge >= 0.3 is 39.5 Å². The molecule has 19 heteroatoms. The molecule has 4 unspecified atom stereocenters. The third kappa shape index (κ3) is 75.5. The van der Waals surface area contributed by atoms with E-state index in [-0.39, 0.29) is 25.7 Å². The summed E-state index contributed by atoms with van der Waals surface area (Å²) in [6.07, 6.45) is 67.8. The second-order valence-corrected chi connectivity index (χ2v) is 34.0. The molecule has 0 radical (unpaired) electrons. The molecular weight excluding hydrogens is 1350 g/mol. The van der Waals surface area contributed by atoms with Crippen molar-refractivity contribution in [3.05, 3.63) is 0 Å². The van der Waals surface area contributed by atoms with Gasteiger partial charge in [0, 0.05) is 25.7 Å².